The number of hydrogen-bond acceptors (Lipinski definition) is 4. The number of nitrogens with zero attached hydrogens (tertiary/aromatic N) is 3. The van der Waals surface area contributed by atoms with E-state index in [1.165, 1.54) is 0 Å². The minimum atomic E-state index is -0.335. The molecule has 0 aliphatic carbocycles. The topological polar surface area (TPSA) is 45.7 Å². The van der Waals surface area contributed by atoms with Crippen LogP contribution in [-0.4, -0.2) is 48.8 Å². The number of carbonyl (C=O) groups excluding carboxylic acids is 1. The summed E-state index contributed by atoms with van der Waals surface area (Å²) in [5.74, 6) is 0.649. The van der Waals surface area contributed by atoms with Crippen LogP contribution in [0.15, 0.2) is 18.3 Å². The number of hydrogen-bond donors (Lipinski definition) is 0. The second-order valence-electron chi connectivity index (χ2n) is 4.57. The molecule has 1 heterocycles. The van der Waals surface area contributed by atoms with Gasteiger partial charge in [0.25, 0.3) is 0 Å². The Morgan fingerprint density at radius 3 is 2.50 bits per heavy atom. The van der Waals surface area contributed by atoms with Gasteiger partial charge in [-0.3, -0.25) is 4.90 Å². The molecule has 20 heavy (non-hydrogen) atoms. The summed E-state index contributed by atoms with van der Waals surface area (Å²) in [6, 6.07) is 3.82. The van der Waals surface area contributed by atoms with Crippen LogP contribution >= 0.6 is 0 Å². The van der Waals surface area contributed by atoms with Crippen LogP contribution in [-0.2, 0) is 4.74 Å². The normalized spacial score (nSPS) is 10.7. The number of likely N-dealkylation sites (N-methyl/N-ethyl adjacent to an activating group) is 1. The highest BCUT2D eigenvalue weighted by atomic mass is 16.6. The second-order valence-corrected chi connectivity index (χ2v) is 4.57. The van der Waals surface area contributed by atoms with Gasteiger partial charge in [-0.1, -0.05) is 13.8 Å². The van der Waals surface area contributed by atoms with Crippen molar-refractivity contribution in [1.82, 2.24) is 9.88 Å². The molecule has 0 radical (unpaired) electrons. The number of ether oxygens (including phenoxy) is 1. The third-order valence-corrected chi connectivity index (χ3v) is 3.20. The van der Waals surface area contributed by atoms with Crippen molar-refractivity contribution in [3.8, 4) is 0 Å². The fourth-order valence-corrected chi connectivity index (χ4v) is 1.95. The van der Waals surface area contributed by atoms with Crippen LogP contribution in [0.3, 0.4) is 0 Å². The molecule has 0 saturated heterocycles. The summed E-state index contributed by atoms with van der Waals surface area (Å²) < 4.78 is 5.13. The maximum atomic E-state index is 12.1. The van der Waals surface area contributed by atoms with Crippen LogP contribution in [0.5, 0.6) is 0 Å². The quantitative estimate of drug-likeness (QED) is 0.770. The third-order valence-electron chi connectivity index (χ3n) is 3.20. The number of anilines is 1. The van der Waals surface area contributed by atoms with Crippen molar-refractivity contribution in [3.05, 3.63) is 23.9 Å². The molecule has 1 amide bonds. The third kappa shape index (κ3) is 4.81. The smallest absolute Gasteiger partial charge is 0.415 e. The molecule has 0 aliphatic heterocycles. The molecule has 1 aromatic rings. The Balaban J connectivity index is 2.82. The molecule has 1 rings (SSSR count). The minimum Gasteiger partial charge on any atom is -0.449 e. The van der Waals surface area contributed by atoms with E-state index in [0.717, 1.165) is 25.2 Å². The lowest BCUT2D eigenvalue weighted by Crippen LogP contribution is -2.39. The summed E-state index contributed by atoms with van der Waals surface area (Å²) in [6.45, 7) is 11.7. The SMILES string of the molecule is CCOC(=O)N(CCN(CC)CC)c1cc(C)ccn1. The Hall–Kier alpha value is -1.62. The number of carbonyl (C=O) groups is 1. The van der Waals surface area contributed by atoms with Gasteiger partial charge < -0.3 is 9.64 Å². The summed E-state index contributed by atoms with van der Waals surface area (Å²) in [6.07, 6.45) is 1.38. The molecule has 0 aliphatic rings. The van der Waals surface area contributed by atoms with Gasteiger partial charge in [0, 0.05) is 19.3 Å². The summed E-state index contributed by atoms with van der Waals surface area (Å²) in [5.41, 5.74) is 1.08. The molecular weight excluding hydrogens is 254 g/mol. The molecule has 5 heteroatoms. The first-order valence-electron chi connectivity index (χ1n) is 7.21. The molecule has 0 unspecified atom stereocenters. The van der Waals surface area contributed by atoms with Gasteiger partial charge in [-0.25, -0.2) is 9.78 Å². The van der Waals surface area contributed by atoms with Crippen molar-refractivity contribution in [2.45, 2.75) is 27.7 Å². The van der Waals surface area contributed by atoms with Crippen molar-refractivity contribution in [1.29, 1.82) is 0 Å². The lowest BCUT2D eigenvalue weighted by Gasteiger charge is -2.25. The summed E-state index contributed by atoms with van der Waals surface area (Å²) in [5, 5.41) is 0. The summed E-state index contributed by atoms with van der Waals surface area (Å²) >= 11 is 0. The molecule has 5 nitrogen and oxygen atoms in total. The van der Waals surface area contributed by atoms with Crippen LogP contribution in [0.4, 0.5) is 10.6 Å². The van der Waals surface area contributed by atoms with E-state index < -0.39 is 0 Å². The van der Waals surface area contributed by atoms with Gasteiger partial charge in [-0.15, -0.1) is 0 Å². The molecule has 0 aromatic carbocycles. The lowest BCUT2D eigenvalue weighted by atomic mass is 10.3. The summed E-state index contributed by atoms with van der Waals surface area (Å²) in [7, 11) is 0. The zero-order chi connectivity index (χ0) is 15.0. The van der Waals surface area contributed by atoms with Crippen LogP contribution < -0.4 is 4.90 Å². The Morgan fingerprint density at radius 1 is 1.25 bits per heavy atom. The van der Waals surface area contributed by atoms with Crippen molar-refractivity contribution in [3.63, 3.8) is 0 Å². The van der Waals surface area contributed by atoms with Crippen LogP contribution in [0.25, 0.3) is 0 Å². The van der Waals surface area contributed by atoms with Crippen molar-refractivity contribution in [2.75, 3.05) is 37.7 Å². The monoisotopic (exact) mass is 279 g/mol. The van der Waals surface area contributed by atoms with Gasteiger partial charge in [0.1, 0.15) is 5.82 Å². The van der Waals surface area contributed by atoms with Crippen molar-refractivity contribution in [2.24, 2.45) is 0 Å². The van der Waals surface area contributed by atoms with E-state index in [1.54, 1.807) is 11.1 Å². The van der Waals surface area contributed by atoms with Crippen molar-refractivity contribution >= 4 is 11.9 Å². The maximum absolute atomic E-state index is 12.1. The molecular formula is C15H25N3O2. The molecule has 0 atom stereocenters. The van der Waals surface area contributed by atoms with E-state index in [4.69, 9.17) is 4.74 Å². The van der Waals surface area contributed by atoms with E-state index in [-0.39, 0.29) is 6.09 Å². The Bertz CT molecular complexity index is 419. The van der Waals surface area contributed by atoms with Gasteiger partial charge in [-0.05, 0) is 44.6 Å². The fraction of sp³-hybridized carbons (Fsp3) is 0.600. The van der Waals surface area contributed by atoms with Gasteiger partial charge in [0.05, 0.1) is 6.61 Å². The van der Waals surface area contributed by atoms with E-state index >= 15 is 0 Å². The molecule has 0 fully saturated rings. The molecule has 1 aromatic heterocycles. The number of aryl methyl sites for hydroxylation is 1. The largest absolute Gasteiger partial charge is 0.449 e. The first-order valence-corrected chi connectivity index (χ1v) is 7.21. The van der Waals surface area contributed by atoms with Gasteiger partial charge in [0.2, 0.25) is 0 Å². The number of pyridine rings is 1. The van der Waals surface area contributed by atoms with Crippen molar-refractivity contribution < 1.29 is 9.53 Å². The molecule has 0 bridgehead atoms. The van der Waals surface area contributed by atoms with E-state index in [9.17, 15) is 4.79 Å². The average Bonchev–Trinajstić information content (AvgIpc) is 2.44. The lowest BCUT2D eigenvalue weighted by molar-refractivity contribution is 0.158. The molecule has 112 valence electrons. The number of aromatic nitrogens is 1. The van der Waals surface area contributed by atoms with Gasteiger partial charge >= 0.3 is 6.09 Å². The van der Waals surface area contributed by atoms with Crippen LogP contribution in [0.2, 0.25) is 0 Å². The Kier molecular flexibility index (Phi) is 7.01. The van der Waals surface area contributed by atoms with Crippen LogP contribution in [0.1, 0.15) is 26.3 Å². The maximum Gasteiger partial charge on any atom is 0.415 e. The first kappa shape index (κ1) is 16.4. The minimum absolute atomic E-state index is 0.335. The second kappa shape index (κ2) is 8.53. The zero-order valence-electron chi connectivity index (χ0n) is 12.9. The fourth-order valence-electron chi connectivity index (χ4n) is 1.95. The predicted octanol–water partition coefficient (Wildman–Crippen LogP) is 2.69. The summed E-state index contributed by atoms with van der Waals surface area (Å²) in [4.78, 5) is 20.2. The first-order chi connectivity index (χ1) is 9.62. The Morgan fingerprint density at radius 2 is 1.95 bits per heavy atom. The molecule has 0 spiro atoms. The van der Waals surface area contributed by atoms with E-state index in [1.807, 2.05) is 26.0 Å². The zero-order valence-corrected chi connectivity index (χ0v) is 12.9. The van der Waals surface area contributed by atoms with Gasteiger partial charge in [-0.2, -0.15) is 0 Å². The highest BCUT2D eigenvalue weighted by Crippen LogP contribution is 2.13. The molecule has 0 saturated carbocycles. The van der Waals surface area contributed by atoms with E-state index in [0.29, 0.717) is 19.0 Å². The average molecular weight is 279 g/mol. The number of rotatable bonds is 7. The van der Waals surface area contributed by atoms with Crippen LogP contribution in [0, 0.1) is 6.92 Å². The Labute approximate surface area is 121 Å². The molecule has 0 N–H and O–H groups in total. The highest BCUT2D eigenvalue weighted by Gasteiger charge is 2.18. The standard InChI is InChI=1S/C15H25N3O2/c1-5-17(6-2)10-11-18(15(19)20-7-3)14-12-13(4)8-9-16-14/h8-9,12H,5-7,10-11H2,1-4H3. The highest BCUT2D eigenvalue weighted by molar-refractivity contribution is 5.86. The van der Waals surface area contributed by atoms with Gasteiger partial charge in [0.15, 0.2) is 0 Å². The predicted molar refractivity (Wildman–Crippen MR) is 81.1 cm³/mol. The number of amides is 1. The van der Waals surface area contributed by atoms with E-state index in [2.05, 4.69) is 23.7 Å².